The van der Waals surface area contributed by atoms with Gasteiger partial charge in [0.1, 0.15) is 0 Å². The topological polar surface area (TPSA) is 40.5 Å². The molecule has 3 unspecified atom stereocenters. The van der Waals surface area contributed by atoms with E-state index in [0.29, 0.717) is 17.4 Å². The second-order valence-electron chi connectivity index (χ2n) is 8.61. The first-order valence-electron chi connectivity index (χ1n) is 8.83. The zero-order valence-corrected chi connectivity index (χ0v) is 13.9. The molecule has 1 N–H and O–H groups in total. The third-order valence-electron chi connectivity index (χ3n) is 7.16. The number of nitrogens with zero attached hydrogens (tertiary/aromatic N) is 1. The van der Waals surface area contributed by atoms with Gasteiger partial charge in [0.25, 0.3) is 0 Å². The number of hydrogen-bond donors (Lipinski definition) is 1. The Balaban J connectivity index is 1.64. The standard InChI is InChI=1S/C18H31NO2/c1-13-15(8-7-14(16(20)21)17(13,2)3)19-11-18(12-19)9-5-4-6-10-18/h13-15H,4-12H2,1-3H3,(H,20,21). The van der Waals surface area contributed by atoms with E-state index in [-0.39, 0.29) is 11.3 Å². The first-order valence-corrected chi connectivity index (χ1v) is 8.83. The molecule has 0 amide bonds. The van der Waals surface area contributed by atoms with E-state index in [1.54, 1.807) is 0 Å². The number of likely N-dealkylation sites (tertiary alicyclic amines) is 1. The minimum Gasteiger partial charge on any atom is -0.481 e. The minimum absolute atomic E-state index is 0.0932. The van der Waals surface area contributed by atoms with E-state index < -0.39 is 5.97 Å². The highest BCUT2D eigenvalue weighted by Gasteiger charge is 2.52. The molecule has 1 aliphatic heterocycles. The monoisotopic (exact) mass is 293 g/mol. The maximum absolute atomic E-state index is 11.5. The lowest BCUT2D eigenvalue weighted by Gasteiger charge is -2.59. The molecule has 3 rings (SSSR count). The molecule has 0 aromatic heterocycles. The molecular weight excluding hydrogens is 262 g/mol. The Morgan fingerprint density at radius 3 is 2.29 bits per heavy atom. The lowest BCUT2D eigenvalue weighted by Crippen LogP contribution is -2.64. The Bertz CT molecular complexity index is 403. The summed E-state index contributed by atoms with van der Waals surface area (Å²) in [5.41, 5.74) is 0.538. The molecule has 1 heterocycles. The van der Waals surface area contributed by atoms with E-state index in [4.69, 9.17) is 0 Å². The molecule has 0 radical (unpaired) electrons. The van der Waals surface area contributed by atoms with Crippen molar-refractivity contribution >= 4 is 5.97 Å². The Kier molecular flexibility index (Phi) is 3.84. The maximum Gasteiger partial charge on any atom is 0.307 e. The molecule has 21 heavy (non-hydrogen) atoms. The second-order valence-corrected chi connectivity index (χ2v) is 8.61. The fourth-order valence-electron chi connectivity index (χ4n) is 5.38. The van der Waals surface area contributed by atoms with E-state index in [0.717, 1.165) is 12.8 Å². The first-order chi connectivity index (χ1) is 9.86. The largest absolute Gasteiger partial charge is 0.481 e. The molecule has 3 heteroatoms. The fourth-order valence-corrected chi connectivity index (χ4v) is 5.38. The average molecular weight is 293 g/mol. The van der Waals surface area contributed by atoms with Gasteiger partial charge in [0.05, 0.1) is 5.92 Å². The number of aliphatic carboxylic acids is 1. The van der Waals surface area contributed by atoms with Crippen molar-refractivity contribution in [3.05, 3.63) is 0 Å². The van der Waals surface area contributed by atoms with Crippen molar-refractivity contribution in [1.82, 2.24) is 4.90 Å². The van der Waals surface area contributed by atoms with Gasteiger partial charge >= 0.3 is 5.97 Å². The summed E-state index contributed by atoms with van der Waals surface area (Å²) in [6.07, 6.45) is 9.02. The number of carbonyl (C=O) groups is 1. The Morgan fingerprint density at radius 2 is 1.71 bits per heavy atom. The van der Waals surface area contributed by atoms with Crippen LogP contribution in [-0.4, -0.2) is 35.1 Å². The minimum atomic E-state index is -0.599. The molecule has 1 spiro atoms. The number of carboxylic acids is 1. The van der Waals surface area contributed by atoms with E-state index in [1.165, 1.54) is 45.2 Å². The second kappa shape index (κ2) is 5.26. The van der Waals surface area contributed by atoms with Gasteiger partial charge in [0, 0.05) is 19.1 Å². The van der Waals surface area contributed by atoms with Gasteiger partial charge in [0.15, 0.2) is 0 Å². The molecule has 3 fully saturated rings. The van der Waals surface area contributed by atoms with Gasteiger partial charge in [-0.2, -0.15) is 0 Å². The van der Waals surface area contributed by atoms with Gasteiger partial charge in [-0.3, -0.25) is 9.69 Å². The molecule has 0 aromatic carbocycles. The van der Waals surface area contributed by atoms with Crippen LogP contribution in [0.15, 0.2) is 0 Å². The average Bonchev–Trinajstić information content (AvgIpc) is 2.39. The molecule has 0 aromatic rings. The van der Waals surface area contributed by atoms with Gasteiger partial charge < -0.3 is 5.11 Å². The van der Waals surface area contributed by atoms with Crippen molar-refractivity contribution in [3.8, 4) is 0 Å². The Morgan fingerprint density at radius 1 is 1.10 bits per heavy atom. The van der Waals surface area contributed by atoms with Crippen LogP contribution in [0.3, 0.4) is 0 Å². The van der Waals surface area contributed by atoms with Crippen molar-refractivity contribution < 1.29 is 9.90 Å². The predicted octanol–water partition coefficient (Wildman–Crippen LogP) is 3.78. The van der Waals surface area contributed by atoms with Crippen molar-refractivity contribution in [2.75, 3.05) is 13.1 Å². The highest BCUT2D eigenvalue weighted by molar-refractivity contribution is 5.71. The van der Waals surface area contributed by atoms with E-state index >= 15 is 0 Å². The Hall–Kier alpha value is -0.570. The lowest BCUT2D eigenvalue weighted by molar-refractivity contribution is -0.156. The van der Waals surface area contributed by atoms with Crippen molar-refractivity contribution in [2.24, 2.45) is 22.7 Å². The van der Waals surface area contributed by atoms with Gasteiger partial charge in [-0.25, -0.2) is 0 Å². The number of rotatable bonds is 2. The SMILES string of the molecule is CC1C(N2CC3(CCCCC3)C2)CCC(C(=O)O)C1(C)C. The van der Waals surface area contributed by atoms with Crippen LogP contribution in [0.25, 0.3) is 0 Å². The highest BCUT2D eigenvalue weighted by Crippen LogP contribution is 2.51. The third kappa shape index (κ3) is 2.52. The third-order valence-corrected chi connectivity index (χ3v) is 7.16. The quantitative estimate of drug-likeness (QED) is 0.842. The summed E-state index contributed by atoms with van der Waals surface area (Å²) in [5.74, 6) is -0.306. The van der Waals surface area contributed by atoms with Crippen LogP contribution in [-0.2, 0) is 4.79 Å². The zero-order chi connectivity index (χ0) is 15.3. The fraction of sp³-hybridized carbons (Fsp3) is 0.944. The Labute approximate surface area is 129 Å². The molecule has 2 saturated carbocycles. The summed E-state index contributed by atoms with van der Waals surface area (Å²) >= 11 is 0. The first kappa shape index (κ1) is 15.3. The lowest BCUT2D eigenvalue weighted by atomic mass is 9.59. The van der Waals surface area contributed by atoms with E-state index in [9.17, 15) is 9.90 Å². The van der Waals surface area contributed by atoms with Gasteiger partial charge in [-0.15, -0.1) is 0 Å². The summed E-state index contributed by atoms with van der Waals surface area (Å²) in [5, 5.41) is 9.47. The van der Waals surface area contributed by atoms with Crippen LogP contribution in [0.1, 0.15) is 65.7 Å². The van der Waals surface area contributed by atoms with Crippen molar-refractivity contribution in [1.29, 1.82) is 0 Å². The summed E-state index contributed by atoms with van der Waals surface area (Å²) in [6.45, 7) is 9.16. The van der Waals surface area contributed by atoms with E-state index in [2.05, 4.69) is 25.7 Å². The molecule has 1 saturated heterocycles. The van der Waals surface area contributed by atoms with Gasteiger partial charge in [-0.05, 0) is 42.4 Å². The number of hydrogen-bond acceptors (Lipinski definition) is 2. The molecule has 3 nitrogen and oxygen atoms in total. The molecule has 3 atom stereocenters. The molecule has 2 aliphatic carbocycles. The van der Waals surface area contributed by atoms with Crippen LogP contribution >= 0.6 is 0 Å². The van der Waals surface area contributed by atoms with Crippen molar-refractivity contribution in [3.63, 3.8) is 0 Å². The van der Waals surface area contributed by atoms with Crippen LogP contribution < -0.4 is 0 Å². The molecule has 0 bridgehead atoms. The summed E-state index contributed by atoms with van der Waals surface area (Å²) in [4.78, 5) is 14.2. The molecule has 120 valence electrons. The normalized spacial score (nSPS) is 38.9. The summed E-state index contributed by atoms with van der Waals surface area (Å²) < 4.78 is 0. The highest BCUT2D eigenvalue weighted by atomic mass is 16.4. The van der Waals surface area contributed by atoms with Crippen LogP contribution in [0.5, 0.6) is 0 Å². The molecule has 3 aliphatic rings. The maximum atomic E-state index is 11.5. The smallest absolute Gasteiger partial charge is 0.307 e. The van der Waals surface area contributed by atoms with Crippen molar-refractivity contribution in [2.45, 2.75) is 71.8 Å². The van der Waals surface area contributed by atoms with Crippen LogP contribution in [0.4, 0.5) is 0 Å². The van der Waals surface area contributed by atoms with Gasteiger partial charge in [0.2, 0.25) is 0 Å². The van der Waals surface area contributed by atoms with Gasteiger partial charge in [-0.1, -0.05) is 40.0 Å². The predicted molar refractivity (Wildman–Crippen MR) is 84.2 cm³/mol. The zero-order valence-electron chi connectivity index (χ0n) is 13.9. The summed E-state index contributed by atoms with van der Waals surface area (Å²) in [7, 11) is 0. The molecular formula is C18H31NO2. The van der Waals surface area contributed by atoms with Crippen LogP contribution in [0, 0.1) is 22.7 Å². The number of carboxylic acid groups (broad SMARTS) is 1. The summed E-state index contributed by atoms with van der Waals surface area (Å²) in [6, 6.07) is 0.600. The van der Waals surface area contributed by atoms with E-state index in [1.807, 2.05) is 0 Å². The van der Waals surface area contributed by atoms with Crippen LogP contribution in [0.2, 0.25) is 0 Å².